The molecule has 18 heavy (non-hydrogen) atoms. The zero-order valence-corrected chi connectivity index (χ0v) is 12.7. The predicted octanol–water partition coefficient (Wildman–Crippen LogP) is 3.71. The van der Waals surface area contributed by atoms with Crippen LogP contribution in [0.3, 0.4) is 0 Å². The van der Waals surface area contributed by atoms with Crippen molar-refractivity contribution >= 4 is 11.3 Å². The highest BCUT2D eigenvalue weighted by molar-refractivity contribution is 7.10. The van der Waals surface area contributed by atoms with Crippen LogP contribution in [0.2, 0.25) is 0 Å². The number of rotatable bonds is 4. The van der Waals surface area contributed by atoms with Crippen LogP contribution in [0.25, 0.3) is 0 Å². The van der Waals surface area contributed by atoms with Crippen molar-refractivity contribution in [3.8, 4) is 0 Å². The van der Waals surface area contributed by atoms with Crippen LogP contribution in [0.1, 0.15) is 55.5 Å². The molecule has 2 unspecified atom stereocenters. The van der Waals surface area contributed by atoms with Gasteiger partial charge in [0.05, 0.1) is 6.04 Å². The monoisotopic (exact) mass is 266 g/mol. The lowest BCUT2D eigenvalue weighted by Gasteiger charge is -2.39. The van der Waals surface area contributed by atoms with Gasteiger partial charge < -0.3 is 5.73 Å². The van der Waals surface area contributed by atoms with E-state index in [0.29, 0.717) is 6.04 Å². The quantitative estimate of drug-likeness (QED) is 0.900. The summed E-state index contributed by atoms with van der Waals surface area (Å²) in [5.74, 6) is 0. The number of hydrogen-bond acceptors (Lipinski definition) is 3. The molecule has 0 amide bonds. The minimum atomic E-state index is 0.189. The highest BCUT2D eigenvalue weighted by Gasteiger charge is 2.29. The Hall–Kier alpha value is -0.380. The number of hydrogen-bond donors (Lipinski definition) is 1. The average Bonchev–Trinajstić information content (AvgIpc) is 2.76. The molecule has 0 spiro atoms. The van der Waals surface area contributed by atoms with Crippen molar-refractivity contribution in [2.75, 3.05) is 7.05 Å². The fraction of sp³-hybridized carbons (Fsp3) is 0.733. The number of thiophene rings is 1. The van der Waals surface area contributed by atoms with Gasteiger partial charge in [-0.25, -0.2) is 0 Å². The molecule has 0 radical (unpaired) electrons. The van der Waals surface area contributed by atoms with E-state index in [1.807, 2.05) is 11.3 Å². The van der Waals surface area contributed by atoms with Gasteiger partial charge in [0.1, 0.15) is 0 Å². The fourth-order valence-corrected chi connectivity index (χ4v) is 4.39. The Labute approximate surface area is 115 Å². The maximum Gasteiger partial charge on any atom is 0.0593 e. The van der Waals surface area contributed by atoms with E-state index >= 15 is 0 Å². The maximum absolute atomic E-state index is 6.27. The van der Waals surface area contributed by atoms with Gasteiger partial charge in [0.2, 0.25) is 0 Å². The summed E-state index contributed by atoms with van der Waals surface area (Å²) in [6.07, 6.45) is 6.84. The van der Waals surface area contributed by atoms with E-state index in [-0.39, 0.29) is 6.04 Å². The van der Waals surface area contributed by atoms with E-state index in [9.17, 15) is 0 Å². The molecular formula is C15H26N2S. The lowest BCUT2D eigenvalue weighted by Crippen LogP contribution is -2.43. The van der Waals surface area contributed by atoms with Gasteiger partial charge >= 0.3 is 0 Å². The molecule has 0 aromatic carbocycles. The van der Waals surface area contributed by atoms with Crippen LogP contribution in [0, 0.1) is 6.92 Å². The van der Waals surface area contributed by atoms with Crippen molar-refractivity contribution in [1.29, 1.82) is 0 Å². The average molecular weight is 266 g/mol. The van der Waals surface area contributed by atoms with Crippen LogP contribution in [0.5, 0.6) is 0 Å². The number of nitrogens with two attached hydrogens (primary N) is 1. The summed E-state index contributed by atoms with van der Waals surface area (Å²) in [5, 5.41) is 2.19. The minimum absolute atomic E-state index is 0.189. The molecule has 1 saturated carbocycles. The number of aryl methyl sites for hydroxylation is 1. The second-order valence-electron chi connectivity index (χ2n) is 5.73. The highest BCUT2D eigenvalue weighted by atomic mass is 32.1. The van der Waals surface area contributed by atoms with Gasteiger partial charge in [-0.1, -0.05) is 19.3 Å². The van der Waals surface area contributed by atoms with Crippen molar-refractivity contribution in [2.45, 2.75) is 64.1 Å². The Morgan fingerprint density at radius 1 is 1.33 bits per heavy atom. The summed E-state index contributed by atoms with van der Waals surface area (Å²) in [7, 11) is 2.27. The van der Waals surface area contributed by atoms with Gasteiger partial charge in [0, 0.05) is 17.0 Å². The third-order valence-electron chi connectivity index (χ3n) is 4.26. The lowest BCUT2D eigenvalue weighted by atomic mass is 9.92. The molecule has 1 aromatic rings. The maximum atomic E-state index is 6.27. The Kier molecular flexibility index (Phi) is 4.82. The van der Waals surface area contributed by atoms with Crippen molar-refractivity contribution in [3.63, 3.8) is 0 Å². The predicted molar refractivity (Wildman–Crippen MR) is 80.1 cm³/mol. The zero-order chi connectivity index (χ0) is 13.1. The topological polar surface area (TPSA) is 29.3 Å². The largest absolute Gasteiger partial charge is 0.326 e. The molecule has 1 aliphatic carbocycles. The van der Waals surface area contributed by atoms with Crippen LogP contribution in [-0.2, 0) is 0 Å². The molecule has 2 rings (SSSR count). The van der Waals surface area contributed by atoms with Crippen molar-refractivity contribution in [1.82, 2.24) is 4.90 Å². The van der Waals surface area contributed by atoms with E-state index in [2.05, 4.69) is 37.2 Å². The Morgan fingerprint density at radius 3 is 2.50 bits per heavy atom. The smallest absolute Gasteiger partial charge is 0.0593 e. The first-order chi connectivity index (χ1) is 8.61. The second-order valence-corrected chi connectivity index (χ2v) is 6.68. The first-order valence-electron chi connectivity index (χ1n) is 7.12. The number of likely N-dealkylation sites (N-methyl/N-ethyl adjacent to an activating group) is 1. The fourth-order valence-electron chi connectivity index (χ4n) is 3.20. The van der Waals surface area contributed by atoms with Gasteiger partial charge in [-0.3, -0.25) is 4.90 Å². The van der Waals surface area contributed by atoms with E-state index in [0.717, 1.165) is 6.04 Å². The van der Waals surface area contributed by atoms with Gasteiger partial charge in [-0.2, -0.15) is 0 Å². The molecule has 2 atom stereocenters. The molecule has 2 nitrogen and oxygen atoms in total. The van der Waals surface area contributed by atoms with Gasteiger partial charge in [-0.15, -0.1) is 11.3 Å². The SMILES string of the molecule is Cc1ccsc1C(C(C)N)N(C)C1CCCCC1. The van der Waals surface area contributed by atoms with E-state index in [1.165, 1.54) is 42.5 Å². The molecule has 0 bridgehead atoms. The third kappa shape index (κ3) is 2.95. The van der Waals surface area contributed by atoms with Gasteiger partial charge in [0.15, 0.2) is 0 Å². The van der Waals surface area contributed by atoms with Crippen LogP contribution in [0.4, 0.5) is 0 Å². The summed E-state index contributed by atoms with van der Waals surface area (Å²) in [5.41, 5.74) is 7.66. The lowest BCUT2D eigenvalue weighted by molar-refractivity contribution is 0.125. The molecule has 1 heterocycles. The van der Waals surface area contributed by atoms with Crippen molar-refractivity contribution in [3.05, 3.63) is 21.9 Å². The second kappa shape index (κ2) is 6.18. The van der Waals surface area contributed by atoms with Gasteiger partial charge in [0.25, 0.3) is 0 Å². The van der Waals surface area contributed by atoms with Crippen LogP contribution in [0.15, 0.2) is 11.4 Å². The summed E-state index contributed by atoms with van der Waals surface area (Å²) < 4.78 is 0. The standard InChI is InChI=1S/C15H26N2S/c1-11-9-10-18-15(11)14(12(2)16)17(3)13-7-5-4-6-8-13/h9-10,12-14H,4-8,16H2,1-3H3. The molecule has 2 N–H and O–H groups in total. The molecule has 0 saturated heterocycles. The third-order valence-corrected chi connectivity index (χ3v) is 5.35. The summed E-state index contributed by atoms with van der Waals surface area (Å²) in [6, 6.07) is 3.50. The Morgan fingerprint density at radius 2 is 2.00 bits per heavy atom. The molecule has 1 aliphatic rings. The minimum Gasteiger partial charge on any atom is -0.326 e. The van der Waals surface area contributed by atoms with Crippen LogP contribution in [-0.4, -0.2) is 24.0 Å². The zero-order valence-electron chi connectivity index (χ0n) is 11.9. The van der Waals surface area contributed by atoms with E-state index in [4.69, 9.17) is 5.73 Å². The molecule has 1 aromatic heterocycles. The first-order valence-corrected chi connectivity index (χ1v) is 8.00. The molecule has 0 aliphatic heterocycles. The van der Waals surface area contributed by atoms with Crippen LogP contribution >= 0.6 is 11.3 Å². The van der Waals surface area contributed by atoms with E-state index in [1.54, 1.807) is 0 Å². The first kappa shape index (κ1) is 14.0. The van der Waals surface area contributed by atoms with E-state index < -0.39 is 0 Å². The van der Waals surface area contributed by atoms with Gasteiger partial charge in [-0.05, 0) is 50.7 Å². The van der Waals surface area contributed by atoms with Crippen LogP contribution < -0.4 is 5.73 Å². The summed E-state index contributed by atoms with van der Waals surface area (Å²) >= 11 is 1.86. The number of nitrogens with zero attached hydrogens (tertiary/aromatic N) is 1. The Bertz CT molecular complexity index is 366. The molecule has 102 valence electrons. The molecule has 3 heteroatoms. The molecule has 1 fully saturated rings. The van der Waals surface area contributed by atoms with Crippen molar-refractivity contribution < 1.29 is 0 Å². The summed E-state index contributed by atoms with van der Waals surface area (Å²) in [4.78, 5) is 4.00. The summed E-state index contributed by atoms with van der Waals surface area (Å²) in [6.45, 7) is 4.35. The Balaban J connectivity index is 2.17. The highest BCUT2D eigenvalue weighted by Crippen LogP contribution is 2.34. The van der Waals surface area contributed by atoms with Crippen molar-refractivity contribution in [2.24, 2.45) is 5.73 Å². The normalized spacial score (nSPS) is 21.2. The molecular weight excluding hydrogens is 240 g/mol.